The van der Waals surface area contributed by atoms with Crippen molar-refractivity contribution in [3.63, 3.8) is 0 Å². The molecule has 144 valence electrons. The summed E-state index contributed by atoms with van der Waals surface area (Å²) in [5, 5.41) is 10.5. The van der Waals surface area contributed by atoms with Gasteiger partial charge in [-0.25, -0.2) is 0 Å². The normalized spacial score (nSPS) is 14.0. The zero-order valence-corrected chi connectivity index (χ0v) is 16.0. The predicted molar refractivity (Wildman–Crippen MR) is 109 cm³/mol. The number of ether oxygens (including phenoxy) is 2. The van der Waals surface area contributed by atoms with Gasteiger partial charge >= 0.3 is 0 Å². The molecule has 0 amide bonds. The number of para-hydroxylation sites is 1. The van der Waals surface area contributed by atoms with E-state index < -0.39 is 0 Å². The molecule has 0 saturated heterocycles. The summed E-state index contributed by atoms with van der Waals surface area (Å²) in [4.78, 5) is 6.71. The molecule has 0 aliphatic carbocycles. The molecule has 0 radical (unpaired) electrons. The molecule has 0 atom stereocenters. The number of aromatic hydroxyl groups is 1. The molecule has 4 rings (SSSR count). The second-order valence-electron chi connectivity index (χ2n) is 6.80. The number of pyridine rings is 1. The molecule has 0 unspecified atom stereocenters. The van der Waals surface area contributed by atoms with Crippen LogP contribution in [0.1, 0.15) is 18.1 Å². The Morgan fingerprint density at radius 2 is 2.00 bits per heavy atom. The monoisotopic (exact) mass is 376 g/mol. The molecule has 28 heavy (non-hydrogen) atoms. The average molecular weight is 376 g/mol. The molecule has 0 bridgehead atoms. The maximum atomic E-state index is 10.5. The van der Waals surface area contributed by atoms with E-state index in [0.29, 0.717) is 25.5 Å². The van der Waals surface area contributed by atoms with Gasteiger partial charge in [-0.15, -0.1) is 0 Å². The summed E-state index contributed by atoms with van der Waals surface area (Å²) in [6.07, 6.45) is 1.76. The first-order valence-corrected chi connectivity index (χ1v) is 9.57. The Morgan fingerprint density at radius 3 is 2.82 bits per heavy atom. The number of benzene rings is 2. The van der Waals surface area contributed by atoms with Gasteiger partial charge in [-0.2, -0.15) is 0 Å². The summed E-state index contributed by atoms with van der Waals surface area (Å²) in [7, 11) is 0. The molecule has 1 aromatic heterocycles. The minimum Gasteiger partial charge on any atom is -0.504 e. The zero-order valence-electron chi connectivity index (χ0n) is 16.0. The number of hydrogen-bond acceptors (Lipinski definition) is 5. The summed E-state index contributed by atoms with van der Waals surface area (Å²) in [6, 6.07) is 17.7. The average Bonchev–Trinajstić information content (AvgIpc) is 2.92. The second-order valence-corrected chi connectivity index (χ2v) is 6.80. The SMILES string of the molecule is CCOc1ccccc1CN1CCOc2c(O)cc(-c3ccccn3)cc2C1. The van der Waals surface area contributed by atoms with Gasteiger partial charge in [0.25, 0.3) is 0 Å². The Balaban J connectivity index is 1.62. The Labute approximate surface area is 165 Å². The van der Waals surface area contributed by atoms with Crippen LogP contribution in [0, 0.1) is 0 Å². The highest BCUT2D eigenvalue weighted by atomic mass is 16.5. The van der Waals surface area contributed by atoms with Crippen molar-refractivity contribution in [3.05, 3.63) is 71.9 Å². The molecule has 3 aromatic rings. The van der Waals surface area contributed by atoms with Crippen LogP contribution in [0.3, 0.4) is 0 Å². The highest BCUT2D eigenvalue weighted by Crippen LogP contribution is 2.37. The minimum absolute atomic E-state index is 0.162. The first-order valence-electron chi connectivity index (χ1n) is 9.57. The summed E-state index contributed by atoms with van der Waals surface area (Å²) in [6.45, 7) is 5.38. The summed E-state index contributed by atoms with van der Waals surface area (Å²) in [5.74, 6) is 1.65. The molecular weight excluding hydrogens is 352 g/mol. The first kappa shape index (κ1) is 18.3. The summed E-state index contributed by atoms with van der Waals surface area (Å²) >= 11 is 0. The van der Waals surface area contributed by atoms with Crippen molar-refractivity contribution in [2.24, 2.45) is 0 Å². The van der Waals surface area contributed by atoms with Crippen LogP contribution in [0.25, 0.3) is 11.3 Å². The molecule has 2 heterocycles. The lowest BCUT2D eigenvalue weighted by atomic mass is 10.0. The predicted octanol–water partition coefficient (Wildman–Crippen LogP) is 4.25. The number of hydrogen-bond donors (Lipinski definition) is 1. The fourth-order valence-corrected chi connectivity index (χ4v) is 3.54. The molecule has 2 aromatic carbocycles. The van der Waals surface area contributed by atoms with Crippen LogP contribution in [0.5, 0.6) is 17.2 Å². The Bertz CT molecular complexity index is 944. The van der Waals surface area contributed by atoms with Crippen molar-refractivity contribution in [3.8, 4) is 28.5 Å². The Hall–Kier alpha value is -3.05. The smallest absolute Gasteiger partial charge is 0.165 e. The molecule has 0 saturated carbocycles. The number of rotatable bonds is 5. The van der Waals surface area contributed by atoms with Gasteiger partial charge in [0, 0.05) is 42.5 Å². The van der Waals surface area contributed by atoms with Gasteiger partial charge in [0.05, 0.1) is 12.3 Å². The van der Waals surface area contributed by atoms with E-state index in [2.05, 4.69) is 22.0 Å². The van der Waals surface area contributed by atoms with Crippen LogP contribution in [0.4, 0.5) is 0 Å². The highest BCUT2D eigenvalue weighted by Gasteiger charge is 2.21. The van der Waals surface area contributed by atoms with Crippen molar-refractivity contribution in [1.29, 1.82) is 0 Å². The van der Waals surface area contributed by atoms with E-state index in [0.717, 1.165) is 41.2 Å². The molecule has 1 N–H and O–H groups in total. The van der Waals surface area contributed by atoms with Gasteiger partial charge in [-0.3, -0.25) is 9.88 Å². The van der Waals surface area contributed by atoms with Gasteiger partial charge in [-0.1, -0.05) is 24.3 Å². The zero-order chi connectivity index (χ0) is 19.3. The van der Waals surface area contributed by atoms with Gasteiger partial charge in [-0.05, 0) is 37.3 Å². The van der Waals surface area contributed by atoms with Crippen molar-refractivity contribution >= 4 is 0 Å². The standard InChI is InChI=1S/C23H24N2O3/c1-2-27-22-9-4-3-7-17(22)15-25-11-12-28-23-19(16-25)13-18(14-21(23)26)20-8-5-6-10-24-20/h3-10,13-14,26H,2,11-12,15-16H2,1H3. The van der Waals surface area contributed by atoms with E-state index in [9.17, 15) is 5.11 Å². The lowest BCUT2D eigenvalue weighted by molar-refractivity contribution is 0.214. The fraction of sp³-hybridized carbons (Fsp3) is 0.261. The van der Waals surface area contributed by atoms with E-state index >= 15 is 0 Å². The Kier molecular flexibility index (Phi) is 5.44. The molecule has 0 fully saturated rings. The number of phenolic OH excluding ortho intramolecular Hbond substituents is 1. The van der Waals surface area contributed by atoms with Gasteiger partial charge in [0.1, 0.15) is 12.4 Å². The van der Waals surface area contributed by atoms with Crippen LogP contribution < -0.4 is 9.47 Å². The largest absolute Gasteiger partial charge is 0.504 e. The van der Waals surface area contributed by atoms with Crippen molar-refractivity contribution < 1.29 is 14.6 Å². The van der Waals surface area contributed by atoms with Gasteiger partial charge in [0.2, 0.25) is 0 Å². The topological polar surface area (TPSA) is 54.8 Å². The number of phenols is 1. The van der Waals surface area contributed by atoms with Crippen LogP contribution >= 0.6 is 0 Å². The van der Waals surface area contributed by atoms with E-state index in [1.54, 1.807) is 12.3 Å². The number of aromatic nitrogens is 1. The maximum absolute atomic E-state index is 10.5. The van der Waals surface area contributed by atoms with Crippen molar-refractivity contribution in [2.75, 3.05) is 19.8 Å². The van der Waals surface area contributed by atoms with Crippen LogP contribution in [0.15, 0.2) is 60.8 Å². The fourth-order valence-electron chi connectivity index (χ4n) is 3.54. The lowest BCUT2D eigenvalue weighted by Crippen LogP contribution is -2.25. The van der Waals surface area contributed by atoms with Crippen LogP contribution in [-0.2, 0) is 13.1 Å². The summed E-state index contributed by atoms with van der Waals surface area (Å²) in [5.41, 5.74) is 3.83. The maximum Gasteiger partial charge on any atom is 0.165 e. The summed E-state index contributed by atoms with van der Waals surface area (Å²) < 4.78 is 11.6. The number of fused-ring (bicyclic) bond motifs is 1. The lowest BCUT2D eigenvalue weighted by Gasteiger charge is -2.21. The highest BCUT2D eigenvalue weighted by molar-refractivity contribution is 5.66. The third kappa shape index (κ3) is 3.94. The third-order valence-corrected chi connectivity index (χ3v) is 4.82. The quantitative estimate of drug-likeness (QED) is 0.722. The van der Waals surface area contributed by atoms with E-state index in [1.165, 1.54) is 0 Å². The van der Waals surface area contributed by atoms with Gasteiger partial charge in [0.15, 0.2) is 11.5 Å². The first-order chi connectivity index (χ1) is 13.7. The molecular formula is C23H24N2O3. The van der Waals surface area contributed by atoms with E-state index in [4.69, 9.17) is 9.47 Å². The van der Waals surface area contributed by atoms with Crippen molar-refractivity contribution in [2.45, 2.75) is 20.0 Å². The molecule has 1 aliphatic heterocycles. The molecule has 0 spiro atoms. The Morgan fingerprint density at radius 1 is 1.14 bits per heavy atom. The minimum atomic E-state index is 0.162. The third-order valence-electron chi connectivity index (χ3n) is 4.82. The van der Waals surface area contributed by atoms with Crippen LogP contribution in [0.2, 0.25) is 0 Å². The number of nitrogens with zero attached hydrogens (tertiary/aromatic N) is 2. The molecule has 1 aliphatic rings. The molecule has 5 nitrogen and oxygen atoms in total. The van der Waals surface area contributed by atoms with Gasteiger partial charge < -0.3 is 14.6 Å². The van der Waals surface area contributed by atoms with Crippen LogP contribution in [-0.4, -0.2) is 34.7 Å². The van der Waals surface area contributed by atoms with Crippen molar-refractivity contribution in [1.82, 2.24) is 9.88 Å². The molecule has 5 heteroatoms. The van der Waals surface area contributed by atoms with E-state index in [1.807, 2.05) is 43.3 Å². The van der Waals surface area contributed by atoms with E-state index in [-0.39, 0.29) is 5.75 Å². The second kappa shape index (κ2) is 8.31.